The van der Waals surface area contributed by atoms with Crippen LogP contribution in [0.15, 0.2) is 18.2 Å². The SMILES string of the molecule is CCOC(=O)CCOc1cccc(C)c1[N+](=O)[O-]. The third-order valence-electron chi connectivity index (χ3n) is 2.25. The maximum Gasteiger partial charge on any atom is 0.313 e. The third kappa shape index (κ3) is 3.73. The average Bonchev–Trinajstić information content (AvgIpc) is 2.28. The molecule has 1 rings (SSSR count). The van der Waals surface area contributed by atoms with Crippen LogP contribution in [-0.4, -0.2) is 24.1 Å². The van der Waals surface area contributed by atoms with Gasteiger partial charge in [0.25, 0.3) is 0 Å². The molecule has 0 aliphatic carbocycles. The van der Waals surface area contributed by atoms with E-state index in [-0.39, 0.29) is 30.4 Å². The van der Waals surface area contributed by atoms with Crippen molar-refractivity contribution in [2.75, 3.05) is 13.2 Å². The van der Waals surface area contributed by atoms with Gasteiger partial charge >= 0.3 is 11.7 Å². The lowest BCUT2D eigenvalue weighted by atomic mass is 10.2. The molecule has 0 aliphatic rings. The Morgan fingerprint density at radius 3 is 2.78 bits per heavy atom. The van der Waals surface area contributed by atoms with Gasteiger partial charge in [-0.25, -0.2) is 0 Å². The number of carbonyl (C=O) groups is 1. The highest BCUT2D eigenvalue weighted by Gasteiger charge is 2.18. The predicted molar refractivity (Wildman–Crippen MR) is 64.6 cm³/mol. The summed E-state index contributed by atoms with van der Waals surface area (Å²) in [5, 5.41) is 10.9. The van der Waals surface area contributed by atoms with Crippen LogP contribution in [-0.2, 0) is 9.53 Å². The lowest BCUT2D eigenvalue weighted by Crippen LogP contribution is -2.10. The average molecular weight is 253 g/mol. The number of carbonyl (C=O) groups excluding carboxylic acids is 1. The Balaban J connectivity index is 2.65. The molecule has 0 atom stereocenters. The Bertz CT molecular complexity index is 444. The van der Waals surface area contributed by atoms with Gasteiger partial charge in [0.1, 0.15) is 0 Å². The van der Waals surface area contributed by atoms with E-state index >= 15 is 0 Å². The van der Waals surface area contributed by atoms with Crippen LogP contribution in [0.3, 0.4) is 0 Å². The van der Waals surface area contributed by atoms with Crippen LogP contribution in [0.4, 0.5) is 5.69 Å². The molecular formula is C12H15NO5. The molecule has 0 radical (unpaired) electrons. The maximum absolute atomic E-state index is 11.1. The molecule has 0 unspecified atom stereocenters. The van der Waals surface area contributed by atoms with Crippen molar-refractivity contribution >= 4 is 11.7 Å². The number of esters is 1. The number of para-hydroxylation sites is 1. The van der Waals surface area contributed by atoms with E-state index < -0.39 is 4.92 Å². The van der Waals surface area contributed by atoms with Gasteiger partial charge in [0.2, 0.25) is 0 Å². The zero-order valence-corrected chi connectivity index (χ0v) is 10.3. The number of rotatable bonds is 6. The molecule has 0 aromatic heterocycles. The summed E-state index contributed by atoms with van der Waals surface area (Å²) in [6.07, 6.45) is 0.0684. The zero-order valence-electron chi connectivity index (χ0n) is 10.3. The van der Waals surface area contributed by atoms with Crippen molar-refractivity contribution < 1.29 is 19.2 Å². The quantitative estimate of drug-likeness (QED) is 0.441. The number of hydrogen-bond donors (Lipinski definition) is 0. The lowest BCUT2D eigenvalue weighted by Gasteiger charge is -2.07. The summed E-state index contributed by atoms with van der Waals surface area (Å²) < 4.78 is 9.98. The Morgan fingerprint density at radius 2 is 2.17 bits per heavy atom. The monoisotopic (exact) mass is 253 g/mol. The summed E-state index contributed by atoms with van der Waals surface area (Å²) in [6, 6.07) is 4.81. The summed E-state index contributed by atoms with van der Waals surface area (Å²) in [4.78, 5) is 21.5. The second-order valence-corrected chi connectivity index (χ2v) is 3.58. The van der Waals surface area contributed by atoms with E-state index in [4.69, 9.17) is 9.47 Å². The van der Waals surface area contributed by atoms with Gasteiger partial charge in [-0.05, 0) is 19.9 Å². The molecule has 0 bridgehead atoms. The number of nitrogens with zero attached hydrogens (tertiary/aromatic N) is 1. The fraction of sp³-hybridized carbons (Fsp3) is 0.417. The van der Waals surface area contributed by atoms with Crippen molar-refractivity contribution in [3.05, 3.63) is 33.9 Å². The summed E-state index contributed by atoms with van der Waals surface area (Å²) in [7, 11) is 0. The molecule has 0 spiro atoms. The Labute approximate surface area is 105 Å². The Hall–Kier alpha value is -2.11. The first-order valence-electron chi connectivity index (χ1n) is 5.58. The first-order valence-corrected chi connectivity index (χ1v) is 5.58. The Morgan fingerprint density at radius 1 is 1.44 bits per heavy atom. The molecule has 6 nitrogen and oxygen atoms in total. The minimum Gasteiger partial charge on any atom is -0.486 e. The van der Waals surface area contributed by atoms with Crippen LogP contribution in [0.1, 0.15) is 18.9 Å². The molecule has 1 aromatic carbocycles. The maximum atomic E-state index is 11.1. The van der Waals surface area contributed by atoms with E-state index in [1.54, 1.807) is 26.0 Å². The summed E-state index contributed by atoms with van der Waals surface area (Å²) in [5.41, 5.74) is 0.454. The van der Waals surface area contributed by atoms with Crippen LogP contribution >= 0.6 is 0 Å². The molecule has 0 fully saturated rings. The number of ether oxygens (including phenoxy) is 2. The van der Waals surface area contributed by atoms with Crippen molar-refractivity contribution in [1.82, 2.24) is 0 Å². The lowest BCUT2D eigenvalue weighted by molar-refractivity contribution is -0.386. The van der Waals surface area contributed by atoms with Gasteiger partial charge in [-0.1, -0.05) is 12.1 Å². The predicted octanol–water partition coefficient (Wildman–Crippen LogP) is 2.24. The normalized spacial score (nSPS) is 9.89. The van der Waals surface area contributed by atoms with E-state index in [2.05, 4.69) is 0 Å². The Kier molecular flexibility index (Phi) is 5.10. The minimum absolute atomic E-state index is 0.0587. The van der Waals surface area contributed by atoms with Crippen molar-refractivity contribution in [2.45, 2.75) is 20.3 Å². The highest BCUT2D eigenvalue weighted by Crippen LogP contribution is 2.30. The van der Waals surface area contributed by atoms with Gasteiger partial charge in [-0.3, -0.25) is 14.9 Å². The fourth-order valence-corrected chi connectivity index (χ4v) is 1.46. The minimum atomic E-state index is -0.491. The number of aryl methyl sites for hydroxylation is 1. The van der Waals surface area contributed by atoms with Crippen LogP contribution in [0, 0.1) is 17.0 Å². The molecule has 0 amide bonds. The first kappa shape index (κ1) is 14.0. The van der Waals surface area contributed by atoms with Gasteiger partial charge in [0, 0.05) is 5.56 Å². The molecule has 0 N–H and O–H groups in total. The van der Waals surface area contributed by atoms with Crippen LogP contribution in [0.5, 0.6) is 5.75 Å². The zero-order chi connectivity index (χ0) is 13.5. The first-order chi connectivity index (χ1) is 8.56. The van der Waals surface area contributed by atoms with Gasteiger partial charge < -0.3 is 9.47 Å². The number of nitro benzene ring substituents is 1. The largest absolute Gasteiger partial charge is 0.486 e. The number of hydrogen-bond acceptors (Lipinski definition) is 5. The standard InChI is InChI=1S/C12H15NO5/c1-3-17-11(14)7-8-18-10-6-4-5-9(2)12(10)13(15)16/h4-6H,3,7-8H2,1-2H3. The second-order valence-electron chi connectivity index (χ2n) is 3.58. The topological polar surface area (TPSA) is 78.7 Å². The molecule has 1 aromatic rings. The smallest absolute Gasteiger partial charge is 0.313 e. The summed E-state index contributed by atoms with van der Waals surface area (Å²) in [6.45, 7) is 3.72. The van der Waals surface area contributed by atoms with E-state index in [0.717, 1.165) is 0 Å². The van der Waals surface area contributed by atoms with Gasteiger partial charge in [-0.15, -0.1) is 0 Å². The molecule has 6 heteroatoms. The number of benzene rings is 1. The molecule has 0 heterocycles. The van der Waals surface area contributed by atoms with Crippen molar-refractivity contribution in [3.63, 3.8) is 0 Å². The molecule has 0 aliphatic heterocycles. The summed E-state index contributed by atoms with van der Waals surface area (Å²) in [5.74, 6) is -0.211. The molecule has 0 saturated heterocycles. The highest BCUT2D eigenvalue weighted by molar-refractivity contribution is 5.69. The van der Waals surface area contributed by atoms with E-state index in [1.807, 2.05) is 0 Å². The molecular weight excluding hydrogens is 238 g/mol. The van der Waals surface area contributed by atoms with Crippen LogP contribution in [0.2, 0.25) is 0 Å². The van der Waals surface area contributed by atoms with Crippen molar-refractivity contribution in [3.8, 4) is 5.75 Å². The molecule has 18 heavy (non-hydrogen) atoms. The number of nitro groups is 1. The van der Waals surface area contributed by atoms with E-state index in [1.165, 1.54) is 6.07 Å². The van der Waals surface area contributed by atoms with E-state index in [9.17, 15) is 14.9 Å². The van der Waals surface area contributed by atoms with Gasteiger partial charge in [-0.2, -0.15) is 0 Å². The van der Waals surface area contributed by atoms with Crippen molar-refractivity contribution in [1.29, 1.82) is 0 Å². The van der Waals surface area contributed by atoms with E-state index in [0.29, 0.717) is 12.2 Å². The van der Waals surface area contributed by atoms with Crippen molar-refractivity contribution in [2.24, 2.45) is 0 Å². The van der Waals surface area contributed by atoms with Crippen LogP contribution < -0.4 is 4.74 Å². The van der Waals surface area contributed by atoms with Gasteiger partial charge in [0.15, 0.2) is 5.75 Å². The van der Waals surface area contributed by atoms with Crippen LogP contribution in [0.25, 0.3) is 0 Å². The second kappa shape index (κ2) is 6.58. The fourth-order valence-electron chi connectivity index (χ4n) is 1.46. The summed E-state index contributed by atoms with van der Waals surface area (Å²) >= 11 is 0. The molecule has 0 saturated carbocycles. The van der Waals surface area contributed by atoms with Gasteiger partial charge in [0.05, 0.1) is 24.6 Å². The molecule has 98 valence electrons. The highest BCUT2D eigenvalue weighted by atomic mass is 16.6. The third-order valence-corrected chi connectivity index (χ3v) is 2.25.